The van der Waals surface area contributed by atoms with Crippen LogP contribution in [0.2, 0.25) is 0 Å². The average molecular weight is 415 g/mol. The minimum absolute atomic E-state index is 0.0270. The van der Waals surface area contributed by atoms with Gasteiger partial charge in [-0.05, 0) is 41.7 Å². The van der Waals surface area contributed by atoms with Crippen LogP contribution in [0.4, 0.5) is 0 Å². The number of rotatable bonds is 6. The molecule has 2 aliphatic rings. The van der Waals surface area contributed by atoms with Gasteiger partial charge in [-0.3, -0.25) is 4.79 Å². The SMILES string of the molecule is O=C([C@@H]1CCCO1)N(Cc1cccc(-c2ccccc2)c1)Cc1cccc2c1OCO2. The lowest BCUT2D eigenvalue weighted by atomic mass is 10.0. The van der Waals surface area contributed by atoms with E-state index < -0.39 is 0 Å². The summed E-state index contributed by atoms with van der Waals surface area (Å²) in [6.45, 7) is 1.81. The fraction of sp³-hybridized carbons (Fsp3) is 0.269. The third-order valence-electron chi connectivity index (χ3n) is 5.76. The summed E-state index contributed by atoms with van der Waals surface area (Å²) >= 11 is 0. The fourth-order valence-electron chi connectivity index (χ4n) is 4.21. The number of fused-ring (bicyclic) bond motifs is 1. The molecular weight excluding hydrogens is 390 g/mol. The third kappa shape index (κ3) is 4.28. The van der Waals surface area contributed by atoms with Gasteiger partial charge in [-0.15, -0.1) is 0 Å². The van der Waals surface area contributed by atoms with E-state index >= 15 is 0 Å². The van der Waals surface area contributed by atoms with Gasteiger partial charge in [-0.2, -0.15) is 0 Å². The smallest absolute Gasteiger partial charge is 0.252 e. The van der Waals surface area contributed by atoms with Crippen LogP contribution < -0.4 is 9.47 Å². The van der Waals surface area contributed by atoms with Crippen LogP contribution in [0.25, 0.3) is 11.1 Å². The lowest BCUT2D eigenvalue weighted by Gasteiger charge is -2.26. The van der Waals surface area contributed by atoms with E-state index in [4.69, 9.17) is 14.2 Å². The highest BCUT2D eigenvalue weighted by Gasteiger charge is 2.30. The Bertz CT molecular complexity index is 1060. The van der Waals surface area contributed by atoms with Crippen molar-refractivity contribution in [3.63, 3.8) is 0 Å². The average Bonchev–Trinajstić information content (AvgIpc) is 3.52. The zero-order valence-electron chi connectivity index (χ0n) is 17.3. The van der Waals surface area contributed by atoms with Crippen molar-refractivity contribution in [1.29, 1.82) is 0 Å². The predicted octanol–water partition coefficient (Wildman–Crippen LogP) is 4.79. The molecule has 0 unspecified atom stereocenters. The highest BCUT2D eigenvalue weighted by atomic mass is 16.7. The first-order chi connectivity index (χ1) is 15.3. The highest BCUT2D eigenvalue weighted by molar-refractivity contribution is 5.81. The summed E-state index contributed by atoms with van der Waals surface area (Å²) in [5, 5.41) is 0. The molecule has 0 spiro atoms. The molecule has 3 aromatic rings. The molecule has 158 valence electrons. The Hall–Kier alpha value is -3.31. The summed E-state index contributed by atoms with van der Waals surface area (Å²) in [4.78, 5) is 15.2. The summed E-state index contributed by atoms with van der Waals surface area (Å²) in [7, 11) is 0. The summed E-state index contributed by atoms with van der Waals surface area (Å²) in [6, 6.07) is 24.5. The maximum Gasteiger partial charge on any atom is 0.252 e. The third-order valence-corrected chi connectivity index (χ3v) is 5.76. The van der Waals surface area contributed by atoms with Crippen LogP contribution in [-0.2, 0) is 22.6 Å². The lowest BCUT2D eigenvalue weighted by molar-refractivity contribution is -0.142. The second kappa shape index (κ2) is 8.82. The van der Waals surface area contributed by atoms with Gasteiger partial charge in [0, 0.05) is 25.3 Å². The Balaban J connectivity index is 1.43. The molecule has 31 heavy (non-hydrogen) atoms. The van der Waals surface area contributed by atoms with Gasteiger partial charge >= 0.3 is 0 Å². The Labute approximate surface area is 182 Å². The fourth-order valence-corrected chi connectivity index (χ4v) is 4.21. The van der Waals surface area contributed by atoms with Crippen molar-refractivity contribution >= 4 is 5.91 Å². The van der Waals surface area contributed by atoms with E-state index in [1.807, 2.05) is 47.4 Å². The molecule has 1 atom stereocenters. The molecule has 3 aromatic carbocycles. The molecule has 5 rings (SSSR count). The van der Waals surface area contributed by atoms with Gasteiger partial charge in [-0.1, -0.05) is 60.7 Å². The summed E-state index contributed by atoms with van der Waals surface area (Å²) in [5.41, 5.74) is 4.32. The Morgan fingerprint density at radius 2 is 1.74 bits per heavy atom. The lowest BCUT2D eigenvalue weighted by Crippen LogP contribution is -2.38. The van der Waals surface area contributed by atoms with E-state index in [9.17, 15) is 4.79 Å². The molecule has 0 radical (unpaired) electrons. The second-order valence-corrected chi connectivity index (χ2v) is 7.91. The normalized spacial score (nSPS) is 17.0. The second-order valence-electron chi connectivity index (χ2n) is 7.91. The molecule has 0 aromatic heterocycles. The first-order valence-electron chi connectivity index (χ1n) is 10.7. The van der Waals surface area contributed by atoms with Crippen molar-refractivity contribution < 1.29 is 19.0 Å². The molecule has 1 fully saturated rings. The van der Waals surface area contributed by atoms with E-state index in [2.05, 4.69) is 30.3 Å². The number of hydrogen-bond acceptors (Lipinski definition) is 4. The summed E-state index contributed by atoms with van der Waals surface area (Å²) in [5.74, 6) is 1.48. The van der Waals surface area contributed by atoms with Crippen molar-refractivity contribution in [1.82, 2.24) is 4.90 Å². The largest absolute Gasteiger partial charge is 0.454 e. The Morgan fingerprint density at radius 1 is 0.903 bits per heavy atom. The maximum absolute atomic E-state index is 13.3. The number of ether oxygens (including phenoxy) is 3. The first-order valence-corrected chi connectivity index (χ1v) is 10.7. The van der Waals surface area contributed by atoms with Crippen molar-refractivity contribution in [2.24, 2.45) is 0 Å². The van der Waals surface area contributed by atoms with Gasteiger partial charge in [0.15, 0.2) is 11.5 Å². The van der Waals surface area contributed by atoms with Crippen LogP contribution in [0.1, 0.15) is 24.0 Å². The predicted molar refractivity (Wildman–Crippen MR) is 118 cm³/mol. The maximum atomic E-state index is 13.3. The standard InChI is InChI=1S/C26H25NO4/c28-26(24-13-6-14-29-24)27(17-22-11-5-12-23-25(22)31-18-30-23)16-19-7-4-10-21(15-19)20-8-2-1-3-9-20/h1-5,7-12,15,24H,6,13-14,16-18H2/t24-/m0/s1. The molecule has 5 heteroatoms. The monoisotopic (exact) mass is 415 g/mol. The van der Waals surface area contributed by atoms with Gasteiger partial charge in [0.25, 0.3) is 5.91 Å². The zero-order valence-corrected chi connectivity index (χ0v) is 17.3. The van der Waals surface area contributed by atoms with Gasteiger partial charge < -0.3 is 19.1 Å². The number of carbonyl (C=O) groups excluding carboxylic acids is 1. The molecule has 5 nitrogen and oxygen atoms in total. The minimum atomic E-state index is -0.369. The zero-order chi connectivity index (χ0) is 21.0. The molecular formula is C26H25NO4. The van der Waals surface area contributed by atoms with Crippen molar-refractivity contribution in [3.8, 4) is 22.6 Å². The first kappa shape index (κ1) is 19.6. The van der Waals surface area contributed by atoms with Crippen LogP contribution >= 0.6 is 0 Å². The van der Waals surface area contributed by atoms with Gasteiger partial charge in [-0.25, -0.2) is 0 Å². The van der Waals surface area contributed by atoms with Crippen LogP contribution in [0.15, 0.2) is 72.8 Å². The van der Waals surface area contributed by atoms with Crippen molar-refractivity contribution in [3.05, 3.63) is 83.9 Å². The molecule has 0 aliphatic carbocycles. The van der Waals surface area contributed by atoms with E-state index in [0.717, 1.165) is 46.6 Å². The molecule has 2 heterocycles. The van der Waals surface area contributed by atoms with Crippen molar-refractivity contribution in [2.45, 2.75) is 32.0 Å². The highest BCUT2D eigenvalue weighted by Crippen LogP contribution is 2.36. The van der Waals surface area contributed by atoms with E-state index in [-0.39, 0.29) is 18.8 Å². The number of amides is 1. The van der Waals surface area contributed by atoms with Crippen LogP contribution in [0.3, 0.4) is 0 Å². The van der Waals surface area contributed by atoms with Crippen LogP contribution in [0, 0.1) is 0 Å². The molecule has 2 aliphatic heterocycles. The van der Waals surface area contributed by atoms with Gasteiger partial charge in [0.05, 0.1) is 0 Å². The Morgan fingerprint density at radius 3 is 2.58 bits per heavy atom. The quantitative estimate of drug-likeness (QED) is 0.581. The number of para-hydroxylation sites is 1. The van der Waals surface area contributed by atoms with Crippen molar-refractivity contribution in [2.75, 3.05) is 13.4 Å². The summed E-state index contributed by atoms with van der Waals surface area (Å²) < 4.78 is 16.9. The molecule has 0 N–H and O–H groups in total. The molecule has 0 bridgehead atoms. The molecule has 1 saturated heterocycles. The van der Waals surface area contributed by atoms with Gasteiger partial charge in [0.1, 0.15) is 6.10 Å². The minimum Gasteiger partial charge on any atom is -0.454 e. The van der Waals surface area contributed by atoms with E-state index in [1.165, 1.54) is 0 Å². The Kier molecular flexibility index (Phi) is 5.59. The number of benzene rings is 3. The van der Waals surface area contributed by atoms with Crippen LogP contribution in [-0.4, -0.2) is 30.3 Å². The number of hydrogen-bond donors (Lipinski definition) is 0. The summed E-state index contributed by atoms with van der Waals surface area (Å²) in [6.07, 6.45) is 1.32. The molecule has 0 saturated carbocycles. The van der Waals surface area contributed by atoms with Crippen LogP contribution in [0.5, 0.6) is 11.5 Å². The van der Waals surface area contributed by atoms with Gasteiger partial charge in [0.2, 0.25) is 6.79 Å². The van der Waals surface area contributed by atoms with E-state index in [1.54, 1.807) is 0 Å². The number of nitrogens with zero attached hydrogens (tertiary/aromatic N) is 1. The molecule has 1 amide bonds. The van der Waals surface area contributed by atoms with E-state index in [0.29, 0.717) is 19.7 Å². The topological polar surface area (TPSA) is 48.0 Å². The number of carbonyl (C=O) groups is 1.